The summed E-state index contributed by atoms with van der Waals surface area (Å²) < 4.78 is 10.1. The van der Waals surface area contributed by atoms with Crippen LogP contribution in [0.2, 0.25) is 0 Å². The SMILES string of the molecule is CCCc1ccc(OC)c(O)c1OC. The van der Waals surface area contributed by atoms with Crippen molar-refractivity contribution < 1.29 is 14.6 Å². The van der Waals surface area contributed by atoms with Crippen LogP contribution >= 0.6 is 0 Å². The van der Waals surface area contributed by atoms with E-state index in [4.69, 9.17) is 9.47 Å². The summed E-state index contributed by atoms with van der Waals surface area (Å²) in [6.07, 6.45) is 1.91. The molecule has 0 fully saturated rings. The van der Waals surface area contributed by atoms with E-state index in [1.165, 1.54) is 7.11 Å². The largest absolute Gasteiger partial charge is 0.502 e. The number of methoxy groups -OCH3 is 2. The summed E-state index contributed by atoms with van der Waals surface area (Å²) in [5, 5.41) is 9.75. The monoisotopic (exact) mass is 196 g/mol. The quantitative estimate of drug-likeness (QED) is 0.803. The van der Waals surface area contributed by atoms with Crippen molar-refractivity contribution in [2.45, 2.75) is 19.8 Å². The summed E-state index contributed by atoms with van der Waals surface area (Å²) in [6.45, 7) is 2.08. The van der Waals surface area contributed by atoms with E-state index in [0.717, 1.165) is 18.4 Å². The van der Waals surface area contributed by atoms with E-state index in [1.807, 2.05) is 6.07 Å². The second-order valence-corrected chi connectivity index (χ2v) is 3.06. The van der Waals surface area contributed by atoms with Crippen molar-refractivity contribution in [1.29, 1.82) is 0 Å². The van der Waals surface area contributed by atoms with Gasteiger partial charge in [0.25, 0.3) is 0 Å². The highest BCUT2D eigenvalue weighted by Gasteiger charge is 2.12. The summed E-state index contributed by atoms with van der Waals surface area (Å²) in [5.74, 6) is 1.05. The van der Waals surface area contributed by atoms with Gasteiger partial charge in [-0.25, -0.2) is 0 Å². The molecule has 0 bridgehead atoms. The second kappa shape index (κ2) is 4.74. The fourth-order valence-corrected chi connectivity index (χ4v) is 1.45. The van der Waals surface area contributed by atoms with Crippen LogP contribution in [-0.4, -0.2) is 19.3 Å². The van der Waals surface area contributed by atoms with Crippen LogP contribution < -0.4 is 9.47 Å². The number of hydrogen-bond acceptors (Lipinski definition) is 3. The van der Waals surface area contributed by atoms with E-state index in [1.54, 1.807) is 13.2 Å². The molecule has 78 valence electrons. The summed E-state index contributed by atoms with van der Waals surface area (Å²) in [7, 11) is 3.07. The maximum atomic E-state index is 9.75. The fraction of sp³-hybridized carbons (Fsp3) is 0.455. The first-order chi connectivity index (χ1) is 6.74. The zero-order chi connectivity index (χ0) is 10.6. The number of ether oxygens (including phenoxy) is 2. The lowest BCUT2D eigenvalue weighted by Crippen LogP contribution is -1.94. The van der Waals surface area contributed by atoms with Crippen LogP contribution in [-0.2, 0) is 6.42 Å². The molecule has 0 aliphatic carbocycles. The van der Waals surface area contributed by atoms with Crippen molar-refractivity contribution >= 4 is 0 Å². The molecule has 1 aromatic rings. The van der Waals surface area contributed by atoms with Gasteiger partial charge in [-0.2, -0.15) is 0 Å². The molecule has 0 unspecified atom stereocenters. The zero-order valence-corrected chi connectivity index (χ0v) is 8.83. The van der Waals surface area contributed by atoms with Gasteiger partial charge in [-0.1, -0.05) is 19.4 Å². The highest BCUT2D eigenvalue weighted by molar-refractivity contribution is 5.54. The average molecular weight is 196 g/mol. The lowest BCUT2D eigenvalue weighted by Gasteiger charge is -2.12. The third kappa shape index (κ3) is 1.92. The first-order valence-electron chi connectivity index (χ1n) is 4.67. The molecule has 0 saturated carbocycles. The smallest absolute Gasteiger partial charge is 0.201 e. The molecular weight excluding hydrogens is 180 g/mol. The molecule has 1 rings (SSSR count). The van der Waals surface area contributed by atoms with Crippen LogP contribution in [0.1, 0.15) is 18.9 Å². The van der Waals surface area contributed by atoms with E-state index < -0.39 is 0 Å². The van der Waals surface area contributed by atoms with Crippen LogP contribution in [0.3, 0.4) is 0 Å². The van der Waals surface area contributed by atoms with E-state index in [0.29, 0.717) is 11.5 Å². The van der Waals surface area contributed by atoms with Crippen molar-refractivity contribution in [3.63, 3.8) is 0 Å². The molecule has 0 aliphatic rings. The van der Waals surface area contributed by atoms with Crippen LogP contribution in [0, 0.1) is 0 Å². The Morgan fingerprint density at radius 2 is 1.93 bits per heavy atom. The number of aryl methyl sites for hydroxylation is 1. The van der Waals surface area contributed by atoms with Crippen molar-refractivity contribution in [3.05, 3.63) is 17.7 Å². The topological polar surface area (TPSA) is 38.7 Å². The van der Waals surface area contributed by atoms with Gasteiger partial charge in [0.05, 0.1) is 14.2 Å². The van der Waals surface area contributed by atoms with E-state index in [2.05, 4.69) is 6.92 Å². The Balaban J connectivity index is 3.14. The van der Waals surface area contributed by atoms with Crippen LogP contribution in [0.15, 0.2) is 12.1 Å². The second-order valence-electron chi connectivity index (χ2n) is 3.06. The van der Waals surface area contributed by atoms with Crippen LogP contribution in [0.4, 0.5) is 0 Å². The Kier molecular flexibility index (Phi) is 3.63. The van der Waals surface area contributed by atoms with Gasteiger partial charge in [0.2, 0.25) is 5.75 Å². The van der Waals surface area contributed by atoms with Gasteiger partial charge in [0, 0.05) is 0 Å². The summed E-state index contributed by atoms with van der Waals surface area (Å²) in [5.41, 5.74) is 1.01. The molecule has 1 N–H and O–H groups in total. The van der Waals surface area contributed by atoms with Crippen molar-refractivity contribution in [2.75, 3.05) is 14.2 Å². The van der Waals surface area contributed by atoms with Crippen LogP contribution in [0.25, 0.3) is 0 Å². The Morgan fingerprint density at radius 1 is 1.21 bits per heavy atom. The third-order valence-electron chi connectivity index (χ3n) is 2.12. The lowest BCUT2D eigenvalue weighted by molar-refractivity contribution is 0.337. The molecular formula is C11H16O3. The molecule has 0 heterocycles. The minimum atomic E-state index is 0.0842. The minimum Gasteiger partial charge on any atom is -0.502 e. The maximum absolute atomic E-state index is 9.75. The molecule has 0 radical (unpaired) electrons. The first-order valence-corrected chi connectivity index (χ1v) is 4.67. The molecule has 1 aromatic carbocycles. The van der Waals surface area contributed by atoms with Gasteiger partial charge >= 0.3 is 0 Å². The van der Waals surface area contributed by atoms with Gasteiger partial charge in [-0.15, -0.1) is 0 Å². The number of aromatic hydroxyl groups is 1. The van der Waals surface area contributed by atoms with Gasteiger partial charge in [0.15, 0.2) is 11.5 Å². The zero-order valence-electron chi connectivity index (χ0n) is 8.83. The van der Waals surface area contributed by atoms with E-state index in [-0.39, 0.29) is 5.75 Å². The third-order valence-corrected chi connectivity index (χ3v) is 2.12. The van der Waals surface area contributed by atoms with Crippen molar-refractivity contribution in [2.24, 2.45) is 0 Å². The number of rotatable bonds is 4. The number of benzene rings is 1. The van der Waals surface area contributed by atoms with Gasteiger partial charge in [-0.05, 0) is 18.1 Å². The van der Waals surface area contributed by atoms with Crippen LogP contribution in [0.5, 0.6) is 17.2 Å². The molecule has 0 spiro atoms. The molecule has 0 aliphatic heterocycles. The Bertz CT molecular complexity index is 308. The molecule has 0 saturated heterocycles. The highest BCUT2D eigenvalue weighted by Crippen LogP contribution is 2.38. The lowest BCUT2D eigenvalue weighted by atomic mass is 10.1. The van der Waals surface area contributed by atoms with E-state index in [9.17, 15) is 5.11 Å². The summed E-state index contributed by atoms with van der Waals surface area (Å²) >= 11 is 0. The Labute approximate surface area is 84.3 Å². The predicted molar refractivity (Wildman–Crippen MR) is 55.2 cm³/mol. The van der Waals surface area contributed by atoms with Crippen molar-refractivity contribution in [1.82, 2.24) is 0 Å². The first kappa shape index (κ1) is 10.7. The predicted octanol–water partition coefficient (Wildman–Crippen LogP) is 2.36. The minimum absolute atomic E-state index is 0.0842. The molecule has 0 atom stereocenters. The molecule has 0 amide bonds. The van der Waals surface area contributed by atoms with Crippen molar-refractivity contribution in [3.8, 4) is 17.2 Å². The number of phenolic OH excluding ortho intramolecular Hbond substituents is 1. The number of phenols is 1. The van der Waals surface area contributed by atoms with E-state index >= 15 is 0 Å². The summed E-state index contributed by atoms with van der Waals surface area (Å²) in [4.78, 5) is 0. The van der Waals surface area contributed by atoms with Gasteiger partial charge in [0.1, 0.15) is 0 Å². The standard InChI is InChI=1S/C11H16O3/c1-4-5-8-6-7-9(13-2)10(12)11(8)14-3/h6-7,12H,4-5H2,1-3H3. The van der Waals surface area contributed by atoms with Gasteiger partial charge in [-0.3, -0.25) is 0 Å². The number of hydrogen-bond donors (Lipinski definition) is 1. The maximum Gasteiger partial charge on any atom is 0.201 e. The molecule has 3 nitrogen and oxygen atoms in total. The highest BCUT2D eigenvalue weighted by atomic mass is 16.5. The molecule has 14 heavy (non-hydrogen) atoms. The fourth-order valence-electron chi connectivity index (χ4n) is 1.45. The van der Waals surface area contributed by atoms with Gasteiger partial charge < -0.3 is 14.6 Å². The molecule has 3 heteroatoms. The Morgan fingerprint density at radius 3 is 2.43 bits per heavy atom. The Hall–Kier alpha value is -1.38. The normalized spacial score (nSPS) is 9.93. The average Bonchev–Trinajstić information content (AvgIpc) is 2.19. The molecule has 0 aromatic heterocycles. The summed E-state index contributed by atoms with van der Waals surface area (Å²) in [6, 6.07) is 3.67.